The van der Waals surface area contributed by atoms with Crippen LogP contribution in [0.15, 0.2) is 18.5 Å². The molecule has 0 amide bonds. The summed E-state index contributed by atoms with van der Waals surface area (Å²) in [5, 5.41) is 4.52. The summed E-state index contributed by atoms with van der Waals surface area (Å²) in [5.74, 6) is 2.61. The van der Waals surface area contributed by atoms with Crippen molar-refractivity contribution < 1.29 is 0 Å². The minimum absolute atomic E-state index is 0.742. The Balaban J connectivity index is 1.22. The van der Waals surface area contributed by atoms with Crippen molar-refractivity contribution >= 4 is 0 Å². The number of hydrogen-bond donors (Lipinski definition) is 0. The van der Waals surface area contributed by atoms with Crippen LogP contribution in [0.3, 0.4) is 0 Å². The highest BCUT2D eigenvalue weighted by Crippen LogP contribution is 2.35. The van der Waals surface area contributed by atoms with E-state index in [4.69, 9.17) is 4.98 Å². The van der Waals surface area contributed by atoms with E-state index in [1.807, 2.05) is 17.1 Å². The van der Waals surface area contributed by atoms with E-state index < -0.39 is 0 Å². The predicted octanol–water partition coefficient (Wildman–Crippen LogP) is 4.42. The van der Waals surface area contributed by atoms with Gasteiger partial charge in [-0.25, -0.2) is 9.97 Å². The van der Waals surface area contributed by atoms with Gasteiger partial charge in [0.1, 0.15) is 5.82 Å². The maximum atomic E-state index is 4.97. The van der Waals surface area contributed by atoms with E-state index in [2.05, 4.69) is 28.1 Å². The molecule has 29 heavy (non-hydrogen) atoms. The molecule has 3 fully saturated rings. The first-order valence-electron chi connectivity index (χ1n) is 11.8. The first kappa shape index (κ1) is 19.2. The van der Waals surface area contributed by atoms with Crippen molar-refractivity contribution in [2.45, 2.75) is 76.7 Å². The van der Waals surface area contributed by atoms with E-state index in [1.165, 1.54) is 82.1 Å². The van der Waals surface area contributed by atoms with Crippen molar-refractivity contribution in [2.24, 2.45) is 18.9 Å². The van der Waals surface area contributed by atoms with Gasteiger partial charge >= 0.3 is 0 Å². The van der Waals surface area contributed by atoms with E-state index in [9.17, 15) is 0 Å². The molecule has 1 aliphatic heterocycles. The number of nitrogens with zero attached hydrogens (tertiary/aromatic N) is 5. The SMILES string of the molecule is Cn1ncc(-c2ccnc(CC3CCC(N4CCCCC4)CC3)n2)c1CC1CC1. The van der Waals surface area contributed by atoms with E-state index in [0.29, 0.717) is 0 Å². The van der Waals surface area contributed by atoms with Crippen LogP contribution in [0.4, 0.5) is 0 Å². The summed E-state index contributed by atoms with van der Waals surface area (Å²) in [6.07, 6.45) is 18.4. The Bertz CT molecular complexity index is 810. The Kier molecular flexibility index (Phi) is 5.67. The molecule has 0 atom stereocenters. The molecule has 5 heteroatoms. The molecule has 2 saturated carbocycles. The molecule has 0 radical (unpaired) electrons. The lowest BCUT2D eigenvalue weighted by atomic mass is 9.83. The molecule has 0 aromatic carbocycles. The summed E-state index contributed by atoms with van der Waals surface area (Å²) in [5.41, 5.74) is 3.59. The Morgan fingerprint density at radius 1 is 0.931 bits per heavy atom. The number of likely N-dealkylation sites (tertiary alicyclic amines) is 1. The number of aryl methyl sites for hydroxylation is 1. The Labute approximate surface area is 174 Å². The maximum Gasteiger partial charge on any atom is 0.129 e. The second-order valence-corrected chi connectivity index (χ2v) is 9.61. The van der Waals surface area contributed by atoms with Gasteiger partial charge in [-0.1, -0.05) is 6.42 Å². The average Bonchev–Trinajstić information content (AvgIpc) is 3.51. The van der Waals surface area contributed by atoms with Crippen LogP contribution in [-0.2, 0) is 19.9 Å². The smallest absolute Gasteiger partial charge is 0.129 e. The van der Waals surface area contributed by atoms with Crippen LogP contribution in [0.5, 0.6) is 0 Å². The van der Waals surface area contributed by atoms with Crippen molar-refractivity contribution in [3.63, 3.8) is 0 Å². The fraction of sp³-hybridized carbons (Fsp3) is 0.708. The molecule has 2 aromatic rings. The van der Waals surface area contributed by atoms with Gasteiger partial charge in [0.25, 0.3) is 0 Å². The average molecular weight is 394 g/mol. The third-order valence-corrected chi connectivity index (χ3v) is 7.42. The lowest BCUT2D eigenvalue weighted by Gasteiger charge is -2.38. The molecule has 3 aliphatic rings. The first-order valence-corrected chi connectivity index (χ1v) is 11.8. The summed E-state index contributed by atoms with van der Waals surface area (Å²) in [7, 11) is 2.06. The Morgan fingerprint density at radius 3 is 2.41 bits per heavy atom. The third-order valence-electron chi connectivity index (χ3n) is 7.42. The quantitative estimate of drug-likeness (QED) is 0.729. The van der Waals surface area contributed by atoms with Crippen molar-refractivity contribution in [3.8, 4) is 11.3 Å². The van der Waals surface area contributed by atoms with Crippen molar-refractivity contribution in [2.75, 3.05) is 13.1 Å². The lowest BCUT2D eigenvalue weighted by molar-refractivity contribution is 0.114. The van der Waals surface area contributed by atoms with Gasteiger partial charge in [-0.05, 0) is 88.8 Å². The fourth-order valence-electron chi connectivity index (χ4n) is 5.42. The molecule has 2 aromatic heterocycles. The second-order valence-electron chi connectivity index (χ2n) is 9.61. The summed E-state index contributed by atoms with van der Waals surface area (Å²) in [6.45, 7) is 2.66. The molecular weight excluding hydrogens is 358 g/mol. The molecule has 0 N–H and O–H groups in total. The molecule has 5 nitrogen and oxygen atoms in total. The van der Waals surface area contributed by atoms with Crippen LogP contribution in [0, 0.1) is 11.8 Å². The van der Waals surface area contributed by atoms with Gasteiger partial charge in [-0.2, -0.15) is 5.10 Å². The first-order chi connectivity index (χ1) is 14.3. The third kappa shape index (κ3) is 4.55. The van der Waals surface area contributed by atoms with Crippen LogP contribution >= 0.6 is 0 Å². The van der Waals surface area contributed by atoms with Crippen molar-refractivity contribution in [1.29, 1.82) is 0 Å². The molecule has 0 bridgehead atoms. The Hall–Kier alpha value is -1.75. The minimum atomic E-state index is 0.742. The number of hydrogen-bond acceptors (Lipinski definition) is 4. The maximum absolute atomic E-state index is 4.97. The number of piperidine rings is 1. The van der Waals surface area contributed by atoms with Gasteiger partial charge in [-0.3, -0.25) is 4.68 Å². The highest BCUT2D eigenvalue weighted by Gasteiger charge is 2.28. The summed E-state index contributed by atoms with van der Waals surface area (Å²) < 4.78 is 2.04. The molecule has 156 valence electrons. The van der Waals surface area contributed by atoms with Crippen LogP contribution in [0.25, 0.3) is 11.3 Å². The molecule has 3 heterocycles. The van der Waals surface area contributed by atoms with Gasteiger partial charge < -0.3 is 4.90 Å². The van der Waals surface area contributed by atoms with Crippen LogP contribution < -0.4 is 0 Å². The van der Waals surface area contributed by atoms with Crippen molar-refractivity contribution in [1.82, 2.24) is 24.6 Å². The van der Waals surface area contributed by atoms with E-state index >= 15 is 0 Å². The summed E-state index contributed by atoms with van der Waals surface area (Å²) in [4.78, 5) is 12.4. The molecule has 1 saturated heterocycles. The highest BCUT2D eigenvalue weighted by molar-refractivity contribution is 5.61. The monoisotopic (exact) mass is 393 g/mol. The molecule has 2 aliphatic carbocycles. The van der Waals surface area contributed by atoms with Gasteiger partial charge in [0.05, 0.1) is 11.9 Å². The zero-order valence-corrected chi connectivity index (χ0v) is 17.9. The fourth-order valence-corrected chi connectivity index (χ4v) is 5.42. The van der Waals surface area contributed by atoms with Gasteiger partial charge in [-0.15, -0.1) is 0 Å². The standard InChI is InChI=1S/C24H35N5/c1-28-23(15-18-5-6-18)21(17-26-28)22-11-12-25-24(27-22)16-19-7-9-20(10-8-19)29-13-3-2-4-14-29/h11-12,17-20H,2-10,13-16H2,1H3. The number of aromatic nitrogens is 4. The van der Waals surface area contributed by atoms with E-state index in [-0.39, 0.29) is 0 Å². The molecule has 5 rings (SSSR count). The van der Waals surface area contributed by atoms with E-state index in [0.717, 1.165) is 42.2 Å². The summed E-state index contributed by atoms with van der Waals surface area (Å²) >= 11 is 0. The van der Waals surface area contributed by atoms with Gasteiger partial charge in [0, 0.05) is 37.0 Å². The summed E-state index contributed by atoms with van der Waals surface area (Å²) in [6, 6.07) is 2.89. The highest BCUT2D eigenvalue weighted by atomic mass is 15.3. The van der Waals surface area contributed by atoms with Gasteiger partial charge in [0.15, 0.2) is 0 Å². The van der Waals surface area contributed by atoms with E-state index in [1.54, 1.807) is 0 Å². The molecule has 0 spiro atoms. The molecular formula is C24H35N5. The lowest BCUT2D eigenvalue weighted by Crippen LogP contribution is -2.41. The van der Waals surface area contributed by atoms with Crippen LogP contribution in [-0.4, -0.2) is 43.8 Å². The zero-order valence-electron chi connectivity index (χ0n) is 17.9. The topological polar surface area (TPSA) is 46.8 Å². The minimum Gasteiger partial charge on any atom is -0.300 e. The van der Waals surface area contributed by atoms with Gasteiger partial charge in [0.2, 0.25) is 0 Å². The predicted molar refractivity (Wildman–Crippen MR) is 116 cm³/mol. The van der Waals surface area contributed by atoms with Crippen LogP contribution in [0.2, 0.25) is 0 Å². The van der Waals surface area contributed by atoms with Crippen LogP contribution in [0.1, 0.15) is 69.3 Å². The second kappa shape index (κ2) is 8.55. The number of rotatable bonds is 6. The Morgan fingerprint density at radius 2 is 1.66 bits per heavy atom. The normalized spacial score (nSPS) is 26.0. The van der Waals surface area contributed by atoms with Crippen molar-refractivity contribution in [3.05, 3.63) is 30.0 Å². The zero-order chi connectivity index (χ0) is 19.6. The largest absolute Gasteiger partial charge is 0.300 e. The molecule has 0 unspecified atom stereocenters.